The third-order valence-electron chi connectivity index (χ3n) is 3.74. The molecule has 1 aromatic rings. The summed E-state index contributed by atoms with van der Waals surface area (Å²) in [5.74, 6) is 0. The van der Waals surface area contributed by atoms with Crippen molar-refractivity contribution in [3.05, 3.63) is 35.4 Å². The van der Waals surface area contributed by atoms with E-state index in [9.17, 15) is 14.7 Å². The molecule has 0 aromatic heterocycles. The van der Waals surface area contributed by atoms with Crippen molar-refractivity contribution in [2.75, 3.05) is 0 Å². The van der Waals surface area contributed by atoms with Crippen LogP contribution in [0.2, 0.25) is 0 Å². The van der Waals surface area contributed by atoms with E-state index in [1.54, 1.807) is 0 Å². The predicted molar refractivity (Wildman–Crippen MR) is 80.9 cm³/mol. The molecule has 3 N–H and O–H groups in total. The van der Waals surface area contributed by atoms with Gasteiger partial charge in [0.25, 0.3) is 0 Å². The highest BCUT2D eigenvalue weighted by molar-refractivity contribution is 5.67. The first-order valence-electron chi connectivity index (χ1n) is 7.56. The lowest BCUT2D eigenvalue weighted by molar-refractivity contribution is -0.109. The van der Waals surface area contributed by atoms with Gasteiger partial charge in [-0.05, 0) is 30.4 Å². The second-order valence-corrected chi connectivity index (χ2v) is 5.47. The molecule has 0 spiro atoms. The van der Waals surface area contributed by atoms with Crippen LogP contribution in [0.25, 0.3) is 0 Å². The highest BCUT2D eigenvalue weighted by Crippen LogP contribution is 2.21. The van der Waals surface area contributed by atoms with Gasteiger partial charge in [-0.1, -0.05) is 30.7 Å². The number of aliphatic hydroxyl groups is 1. The van der Waals surface area contributed by atoms with Gasteiger partial charge in [-0.2, -0.15) is 0 Å². The average Bonchev–Trinajstić information content (AvgIpc) is 2.53. The second-order valence-electron chi connectivity index (χ2n) is 5.47. The number of hydrogen-bond donors (Lipinski definition) is 3. The Labute approximate surface area is 129 Å². The lowest BCUT2D eigenvalue weighted by Gasteiger charge is -2.27. The summed E-state index contributed by atoms with van der Waals surface area (Å²) >= 11 is 0. The van der Waals surface area contributed by atoms with Crippen LogP contribution in [0.4, 0.5) is 4.79 Å². The monoisotopic (exact) mass is 306 g/mol. The highest BCUT2D eigenvalue weighted by atomic mass is 16.6. The lowest BCUT2D eigenvalue weighted by atomic mass is 9.95. The molecule has 0 aliphatic heterocycles. The molecule has 2 rings (SSSR count). The van der Waals surface area contributed by atoms with Gasteiger partial charge in [-0.25, -0.2) is 4.79 Å². The van der Waals surface area contributed by atoms with Gasteiger partial charge in [0.15, 0.2) is 0 Å². The standard InChI is InChI=1S/C16H22N2O4/c19-11-17-9-12-4-3-5-13(8-12)10-18-16(21)22-15-7-2-1-6-14(15)20/h3-5,8,11,14-15,20H,1-2,6-7,9-10H2,(H,17,19)(H,18,21). The maximum atomic E-state index is 11.8. The van der Waals surface area contributed by atoms with Crippen molar-refractivity contribution in [1.82, 2.24) is 10.6 Å². The quantitative estimate of drug-likeness (QED) is 0.694. The number of alkyl carbamates (subject to hydrolysis) is 1. The van der Waals surface area contributed by atoms with Gasteiger partial charge in [0.2, 0.25) is 6.41 Å². The van der Waals surface area contributed by atoms with E-state index in [4.69, 9.17) is 4.74 Å². The number of carbonyl (C=O) groups excluding carboxylic acids is 2. The SMILES string of the molecule is O=CNCc1cccc(CNC(=O)OC2CCCCC2O)c1. The summed E-state index contributed by atoms with van der Waals surface area (Å²) in [4.78, 5) is 22.1. The summed E-state index contributed by atoms with van der Waals surface area (Å²) in [5.41, 5.74) is 1.88. The number of aliphatic hydroxyl groups excluding tert-OH is 1. The first-order chi connectivity index (χ1) is 10.7. The third-order valence-corrected chi connectivity index (χ3v) is 3.74. The summed E-state index contributed by atoms with van der Waals surface area (Å²) in [5, 5.41) is 15.1. The number of carbonyl (C=O) groups is 2. The molecule has 2 unspecified atom stereocenters. The predicted octanol–water partition coefficient (Wildman–Crippen LogP) is 1.46. The van der Waals surface area contributed by atoms with E-state index >= 15 is 0 Å². The van der Waals surface area contributed by atoms with Gasteiger partial charge in [0.1, 0.15) is 6.10 Å². The molecule has 120 valence electrons. The molecule has 6 nitrogen and oxygen atoms in total. The Bertz CT molecular complexity index is 507. The van der Waals surface area contributed by atoms with Gasteiger partial charge < -0.3 is 20.5 Å². The summed E-state index contributed by atoms with van der Waals surface area (Å²) < 4.78 is 5.26. The van der Waals surface area contributed by atoms with E-state index in [1.807, 2.05) is 24.3 Å². The number of ether oxygens (including phenoxy) is 1. The van der Waals surface area contributed by atoms with Crippen LogP contribution in [-0.2, 0) is 22.6 Å². The van der Waals surface area contributed by atoms with Crippen LogP contribution in [0.15, 0.2) is 24.3 Å². The molecule has 1 saturated carbocycles. The number of hydrogen-bond acceptors (Lipinski definition) is 4. The van der Waals surface area contributed by atoms with E-state index < -0.39 is 18.3 Å². The number of amides is 2. The van der Waals surface area contributed by atoms with E-state index in [0.29, 0.717) is 32.3 Å². The maximum absolute atomic E-state index is 11.8. The summed E-state index contributed by atoms with van der Waals surface area (Å²) in [6, 6.07) is 7.57. The molecule has 1 aliphatic carbocycles. The fraction of sp³-hybridized carbons (Fsp3) is 0.500. The van der Waals surface area contributed by atoms with Crippen molar-refractivity contribution < 1.29 is 19.4 Å². The minimum Gasteiger partial charge on any atom is -0.443 e. The second kappa shape index (κ2) is 8.38. The molecule has 2 atom stereocenters. The van der Waals surface area contributed by atoms with Gasteiger partial charge in [0, 0.05) is 13.1 Å². The van der Waals surface area contributed by atoms with Crippen molar-refractivity contribution in [3.63, 3.8) is 0 Å². The van der Waals surface area contributed by atoms with Crippen LogP contribution in [0.1, 0.15) is 36.8 Å². The smallest absolute Gasteiger partial charge is 0.407 e. The number of benzene rings is 1. The van der Waals surface area contributed by atoms with Crippen molar-refractivity contribution >= 4 is 12.5 Å². The molecule has 0 radical (unpaired) electrons. The van der Waals surface area contributed by atoms with Crippen LogP contribution in [-0.4, -0.2) is 29.8 Å². The molecule has 22 heavy (non-hydrogen) atoms. The summed E-state index contributed by atoms with van der Waals surface area (Å²) in [6.45, 7) is 0.798. The van der Waals surface area contributed by atoms with Crippen LogP contribution in [0.5, 0.6) is 0 Å². The average molecular weight is 306 g/mol. The Balaban J connectivity index is 1.79. The zero-order valence-corrected chi connectivity index (χ0v) is 12.5. The number of nitrogens with one attached hydrogen (secondary N) is 2. The first-order valence-corrected chi connectivity index (χ1v) is 7.56. The Morgan fingerprint density at radius 2 is 2.00 bits per heavy atom. The van der Waals surface area contributed by atoms with Crippen LogP contribution in [0, 0.1) is 0 Å². The van der Waals surface area contributed by atoms with Crippen LogP contribution >= 0.6 is 0 Å². The molecule has 2 amide bonds. The first kappa shape index (κ1) is 16.3. The zero-order chi connectivity index (χ0) is 15.8. The molecule has 1 aliphatic rings. The number of rotatable bonds is 6. The van der Waals surface area contributed by atoms with Crippen molar-refractivity contribution in [2.24, 2.45) is 0 Å². The maximum Gasteiger partial charge on any atom is 0.407 e. The molecule has 0 bridgehead atoms. The van der Waals surface area contributed by atoms with E-state index in [-0.39, 0.29) is 0 Å². The molecule has 6 heteroatoms. The van der Waals surface area contributed by atoms with E-state index in [2.05, 4.69) is 10.6 Å². The lowest BCUT2D eigenvalue weighted by Crippen LogP contribution is -2.37. The minimum absolute atomic E-state index is 0.344. The molecule has 0 saturated heterocycles. The fourth-order valence-corrected chi connectivity index (χ4v) is 2.58. The molecule has 1 fully saturated rings. The van der Waals surface area contributed by atoms with Gasteiger partial charge in [-0.15, -0.1) is 0 Å². The van der Waals surface area contributed by atoms with Crippen LogP contribution < -0.4 is 10.6 Å². The Morgan fingerprint density at radius 1 is 1.27 bits per heavy atom. The van der Waals surface area contributed by atoms with E-state index in [1.165, 1.54) is 0 Å². The molecular formula is C16H22N2O4. The van der Waals surface area contributed by atoms with Crippen molar-refractivity contribution in [1.29, 1.82) is 0 Å². The Morgan fingerprint density at radius 3 is 2.73 bits per heavy atom. The Hall–Kier alpha value is -2.08. The Kier molecular flexibility index (Phi) is 6.21. The van der Waals surface area contributed by atoms with Gasteiger partial charge >= 0.3 is 6.09 Å². The topological polar surface area (TPSA) is 87.7 Å². The van der Waals surface area contributed by atoms with Crippen LogP contribution in [0.3, 0.4) is 0 Å². The summed E-state index contributed by atoms with van der Waals surface area (Å²) in [6.07, 6.45) is 2.52. The van der Waals surface area contributed by atoms with Gasteiger partial charge in [0.05, 0.1) is 6.10 Å². The molecular weight excluding hydrogens is 284 g/mol. The zero-order valence-electron chi connectivity index (χ0n) is 12.5. The van der Waals surface area contributed by atoms with Crippen molar-refractivity contribution in [3.8, 4) is 0 Å². The third kappa shape index (κ3) is 5.04. The van der Waals surface area contributed by atoms with Gasteiger partial charge in [-0.3, -0.25) is 4.79 Å². The fourth-order valence-electron chi connectivity index (χ4n) is 2.58. The summed E-state index contributed by atoms with van der Waals surface area (Å²) in [7, 11) is 0. The minimum atomic E-state index is -0.558. The molecule has 1 aromatic carbocycles. The van der Waals surface area contributed by atoms with Crippen molar-refractivity contribution in [2.45, 2.75) is 51.0 Å². The van der Waals surface area contributed by atoms with E-state index in [0.717, 1.165) is 24.0 Å². The largest absolute Gasteiger partial charge is 0.443 e. The normalized spacial score (nSPS) is 21.0. The molecule has 0 heterocycles. The highest BCUT2D eigenvalue weighted by Gasteiger charge is 2.26.